The van der Waals surface area contributed by atoms with Gasteiger partial charge in [-0.2, -0.15) is 0 Å². The van der Waals surface area contributed by atoms with E-state index in [1.807, 2.05) is 13.8 Å². The van der Waals surface area contributed by atoms with Gasteiger partial charge in [-0.15, -0.1) is 22.7 Å². The third-order valence-electron chi connectivity index (χ3n) is 3.27. The fraction of sp³-hybridized carbons (Fsp3) is 0.467. The lowest BCUT2D eigenvalue weighted by atomic mass is 10.2. The highest BCUT2D eigenvalue weighted by atomic mass is 32.1. The second-order valence-electron chi connectivity index (χ2n) is 5.32. The SMILES string of the molecule is CC1(C)OCC(CNC(c2cccs2)c2cccs2)O1. The molecule has 0 aromatic carbocycles. The monoisotopic (exact) mass is 309 g/mol. The van der Waals surface area contributed by atoms with Gasteiger partial charge in [0.15, 0.2) is 5.79 Å². The second kappa shape index (κ2) is 5.95. The topological polar surface area (TPSA) is 30.5 Å². The average Bonchev–Trinajstić information content (AvgIpc) is 3.12. The Balaban J connectivity index is 1.66. The van der Waals surface area contributed by atoms with E-state index in [1.165, 1.54) is 9.75 Å². The number of ether oxygens (including phenoxy) is 2. The molecule has 3 heterocycles. The van der Waals surface area contributed by atoms with E-state index in [2.05, 4.69) is 40.3 Å². The molecule has 1 fully saturated rings. The standard InChI is InChI=1S/C15H19NO2S2/c1-15(2)17-10-11(18-15)9-16-14(12-5-3-7-19-12)13-6-4-8-20-13/h3-8,11,14,16H,9-10H2,1-2H3. The highest BCUT2D eigenvalue weighted by molar-refractivity contribution is 7.11. The van der Waals surface area contributed by atoms with Crippen LogP contribution in [-0.4, -0.2) is 25.0 Å². The van der Waals surface area contributed by atoms with Crippen molar-refractivity contribution in [3.8, 4) is 0 Å². The number of hydrogen-bond acceptors (Lipinski definition) is 5. The summed E-state index contributed by atoms with van der Waals surface area (Å²) in [5, 5.41) is 7.86. The van der Waals surface area contributed by atoms with Crippen molar-refractivity contribution in [3.05, 3.63) is 44.8 Å². The smallest absolute Gasteiger partial charge is 0.163 e. The molecule has 20 heavy (non-hydrogen) atoms. The van der Waals surface area contributed by atoms with Crippen LogP contribution in [0.3, 0.4) is 0 Å². The van der Waals surface area contributed by atoms with Crippen LogP contribution >= 0.6 is 22.7 Å². The van der Waals surface area contributed by atoms with Crippen LogP contribution in [0.1, 0.15) is 29.6 Å². The second-order valence-corrected chi connectivity index (χ2v) is 7.28. The summed E-state index contributed by atoms with van der Waals surface area (Å²) in [6.45, 7) is 5.37. The maximum absolute atomic E-state index is 5.86. The Morgan fingerprint density at radius 3 is 2.35 bits per heavy atom. The van der Waals surface area contributed by atoms with Crippen molar-refractivity contribution in [3.63, 3.8) is 0 Å². The third-order valence-corrected chi connectivity index (χ3v) is 5.15. The van der Waals surface area contributed by atoms with Crippen LogP contribution < -0.4 is 5.32 Å². The van der Waals surface area contributed by atoms with Crippen molar-refractivity contribution in [2.24, 2.45) is 0 Å². The van der Waals surface area contributed by atoms with Gasteiger partial charge < -0.3 is 14.8 Å². The van der Waals surface area contributed by atoms with Gasteiger partial charge in [-0.3, -0.25) is 0 Å². The van der Waals surface area contributed by atoms with Crippen molar-refractivity contribution in [1.29, 1.82) is 0 Å². The van der Waals surface area contributed by atoms with E-state index in [4.69, 9.17) is 9.47 Å². The highest BCUT2D eigenvalue weighted by Gasteiger charge is 2.33. The summed E-state index contributed by atoms with van der Waals surface area (Å²) >= 11 is 3.57. The fourth-order valence-corrected chi connectivity index (χ4v) is 4.08. The molecule has 0 amide bonds. The summed E-state index contributed by atoms with van der Waals surface area (Å²) in [4.78, 5) is 2.68. The van der Waals surface area contributed by atoms with Crippen LogP contribution in [-0.2, 0) is 9.47 Å². The third kappa shape index (κ3) is 3.30. The van der Waals surface area contributed by atoms with Crippen LogP contribution in [0.15, 0.2) is 35.0 Å². The van der Waals surface area contributed by atoms with Gasteiger partial charge in [0.05, 0.1) is 18.8 Å². The molecular weight excluding hydrogens is 290 g/mol. The molecular formula is C15H19NO2S2. The maximum atomic E-state index is 5.86. The molecule has 0 spiro atoms. The van der Waals surface area contributed by atoms with Gasteiger partial charge >= 0.3 is 0 Å². The molecule has 3 nitrogen and oxygen atoms in total. The van der Waals surface area contributed by atoms with E-state index in [9.17, 15) is 0 Å². The lowest BCUT2D eigenvalue weighted by Crippen LogP contribution is -2.33. The van der Waals surface area contributed by atoms with E-state index in [0.717, 1.165) is 6.54 Å². The van der Waals surface area contributed by atoms with E-state index < -0.39 is 5.79 Å². The summed E-state index contributed by atoms with van der Waals surface area (Å²) < 4.78 is 11.5. The summed E-state index contributed by atoms with van der Waals surface area (Å²) in [6, 6.07) is 8.80. The summed E-state index contributed by atoms with van der Waals surface area (Å²) in [5.74, 6) is -0.451. The lowest BCUT2D eigenvalue weighted by Gasteiger charge is -2.20. The van der Waals surface area contributed by atoms with Crippen molar-refractivity contribution >= 4 is 22.7 Å². The predicted molar refractivity (Wildman–Crippen MR) is 83.4 cm³/mol. The van der Waals surface area contributed by atoms with Crippen molar-refractivity contribution in [1.82, 2.24) is 5.32 Å². The lowest BCUT2D eigenvalue weighted by molar-refractivity contribution is -0.137. The summed E-state index contributed by atoms with van der Waals surface area (Å²) in [6.07, 6.45) is 0.118. The molecule has 0 bridgehead atoms. The molecule has 108 valence electrons. The van der Waals surface area contributed by atoms with Crippen LogP contribution in [0, 0.1) is 0 Å². The Morgan fingerprint density at radius 1 is 1.25 bits per heavy atom. The van der Waals surface area contributed by atoms with Crippen molar-refractivity contribution < 1.29 is 9.47 Å². The molecule has 1 aliphatic rings. The minimum atomic E-state index is -0.451. The van der Waals surface area contributed by atoms with Crippen molar-refractivity contribution in [2.45, 2.75) is 31.8 Å². The normalized spacial score (nSPS) is 21.6. The number of nitrogens with one attached hydrogen (secondary N) is 1. The molecule has 1 unspecified atom stereocenters. The molecule has 2 aromatic heterocycles. The number of rotatable bonds is 5. The minimum absolute atomic E-state index is 0.118. The maximum Gasteiger partial charge on any atom is 0.163 e. The molecule has 1 atom stereocenters. The Hall–Kier alpha value is -0.720. The molecule has 0 radical (unpaired) electrons. The Kier molecular flexibility index (Phi) is 4.23. The molecule has 0 aliphatic carbocycles. The Bertz CT molecular complexity index is 488. The molecule has 1 aliphatic heterocycles. The highest BCUT2D eigenvalue weighted by Crippen LogP contribution is 2.30. The first-order valence-electron chi connectivity index (χ1n) is 6.76. The predicted octanol–water partition coefficient (Wildman–Crippen LogP) is 3.64. The van der Waals surface area contributed by atoms with Crippen LogP contribution in [0.5, 0.6) is 0 Å². The van der Waals surface area contributed by atoms with E-state index in [1.54, 1.807) is 22.7 Å². The van der Waals surface area contributed by atoms with Gasteiger partial charge in [-0.25, -0.2) is 0 Å². The molecule has 1 saturated heterocycles. The largest absolute Gasteiger partial charge is 0.348 e. The number of thiophene rings is 2. The first kappa shape index (κ1) is 14.2. The minimum Gasteiger partial charge on any atom is -0.348 e. The van der Waals surface area contributed by atoms with Crippen LogP contribution in [0.25, 0.3) is 0 Å². The molecule has 2 aromatic rings. The quantitative estimate of drug-likeness (QED) is 0.914. The zero-order chi connectivity index (χ0) is 14.0. The van der Waals surface area contributed by atoms with Gasteiger partial charge in [-0.05, 0) is 36.7 Å². The summed E-state index contributed by atoms with van der Waals surface area (Å²) in [7, 11) is 0. The first-order chi connectivity index (χ1) is 9.64. The first-order valence-corrected chi connectivity index (χ1v) is 8.52. The van der Waals surface area contributed by atoms with Gasteiger partial charge in [-0.1, -0.05) is 12.1 Å². The van der Waals surface area contributed by atoms with Crippen LogP contribution in [0.4, 0.5) is 0 Å². The zero-order valence-electron chi connectivity index (χ0n) is 11.7. The zero-order valence-corrected chi connectivity index (χ0v) is 13.3. The molecule has 0 saturated carbocycles. The van der Waals surface area contributed by atoms with E-state index in [-0.39, 0.29) is 12.1 Å². The van der Waals surface area contributed by atoms with Gasteiger partial charge in [0.1, 0.15) is 0 Å². The van der Waals surface area contributed by atoms with Crippen LogP contribution in [0.2, 0.25) is 0 Å². The van der Waals surface area contributed by atoms with Gasteiger partial charge in [0.25, 0.3) is 0 Å². The van der Waals surface area contributed by atoms with Gasteiger partial charge in [0.2, 0.25) is 0 Å². The van der Waals surface area contributed by atoms with E-state index in [0.29, 0.717) is 6.61 Å². The van der Waals surface area contributed by atoms with Crippen molar-refractivity contribution in [2.75, 3.05) is 13.2 Å². The Morgan fingerprint density at radius 2 is 1.90 bits per heavy atom. The summed E-state index contributed by atoms with van der Waals surface area (Å²) in [5.41, 5.74) is 0. The molecule has 5 heteroatoms. The molecule has 3 rings (SSSR count). The number of hydrogen-bond donors (Lipinski definition) is 1. The fourth-order valence-electron chi connectivity index (χ4n) is 2.37. The molecule has 1 N–H and O–H groups in total. The van der Waals surface area contributed by atoms with Gasteiger partial charge in [0, 0.05) is 16.3 Å². The Labute approximate surface area is 127 Å². The van der Waals surface area contributed by atoms with E-state index >= 15 is 0 Å². The average molecular weight is 309 g/mol.